The molecule has 1 unspecified atom stereocenters. The van der Waals surface area contributed by atoms with E-state index in [1.54, 1.807) is 18.2 Å². The van der Waals surface area contributed by atoms with Crippen molar-refractivity contribution in [1.29, 1.82) is 0 Å². The second-order valence-corrected chi connectivity index (χ2v) is 5.69. The van der Waals surface area contributed by atoms with Crippen LogP contribution >= 0.6 is 0 Å². The molecule has 1 atom stereocenters. The number of benzene rings is 2. The Morgan fingerprint density at radius 1 is 1.24 bits per heavy atom. The van der Waals surface area contributed by atoms with E-state index in [9.17, 15) is 9.90 Å². The van der Waals surface area contributed by atoms with Crippen LogP contribution in [0, 0.1) is 6.92 Å². The smallest absolute Gasteiger partial charge is 0.258 e. The lowest BCUT2D eigenvalue weighted by atomic mass is 9.95. The van der Waals surface area contributed by atoms with Crippen LogP contribution in [-0.4, -0.2) is 17.1 Å². The zero-order valence-corrected chi connectivity index (χ0v) is 12.3. The molecule has 1 heterocycles. The molecule has 2 aromatic rings. The minimum absolute atomic E-state index is 0.00662. The average Bonchev–Trinajstić information content (AvgIpc) is 2.46. The highest BCUT2D eigenvalue weighted by Gasteiger charge is 2.29. The first-order valence-corrected chi connectivity index (χ1v) is 7.29. The lowest BCUT2D eigenvalue weighted by Gasteiger charge is -2.35. The lowest BCUT2D eigenvalue weighted by molar-refractivity contribution is 0.0974. The number of carbonyl (C=O) groups excluding carboxylic acids is 1. The highest BCUT2D eigenvalue weighted by molar-refractivity contribution is 6.08. The maximum Gasteiger partial charge on any atom is 0.258 e. The molecule has 0 spiro atoms. The fraction of sp³-hybridized carbons (Fsp3) is 0.278. The Kier molecular flexibility index (Phi) is 3.42. The number of amides is 1. The summed E-state index contributed by atoms with van der Waals surface area (Å²) in [5.74, 6) is 0.197. The van der Waals surface area contributed by atoms with Crippen molar-refractivity contribution in [2.24, 2.45) is 0 Å². The van der Waals surface area contributed by atoms with Gasteiger partial charge in [-0.1, -0.05) is 18.2 Å². The van der Waals surface area contributed by atoms with Crippen LogP contribution in [0.3, 0.4) is 0 Å². The molecule has 3 heteroatoms. The standard InChI is InChI=1S/C18H19NO2/c1-12-11-15(20)9-10-16(12)18(21)19-13(2)7-8-14-5-3-4-6-17(14)19/h3-6,9-11,13,20H,7-8H2,1-2H3. The minimum Gasteiger partial charge on any atom is -0.508 e. The summed E-state index contributed by atoms with van der Waals surface area (Å²) in [6.07, 6.45) is 1.98. The van der Waals surface area contributed by atoms with E-state index in [1.807, 2.05) is 30.0 Å². The molecular formula is C18H19NO2. The van der Waals surface area contributed by atoms with Crippen LogP contribution in [0.25, 0.3) is 0 Å². The van der Waals surface area contributed by atoms with Crippen LogP contribution in [-0.2, 0) is 6.42 Å². The molecule has 1 N–H and O–H groups in total. The molecule has 1 aliphatic rings. The fourth-order valence-corrected chi connectivity index (χ4v) is 3.02. The first-order valence-electron chi connectivity index (χ1n) is 7.29. The molecule has 0 saturated heterocycles. The van der Waals surface area contributed by atoms with Gasteiger partial charge in [-0.25, -0.2) is 0 Å². The van der Waals surface area contributed by atoms with Crippen LogP contribution in [0.4, 0.5) is 5.69 Å². The van der Waals surface area contributed by atoms with E-state index in [0.717, 1.165) is 24.1 Å². The van der Waals surface area contributed by atoms with Gasteiger partial charge in [0, 0.05) is 17.3 Å². The van der Waals surface area contributed by atoms with E-state index in [4.69, 9.17) is 0 Å². The quantitative estimate of drug-likeness (QED) is 0.866. The van der Waals surface area contributed by atoms with Crippen molar-refractivity contribution in [2.75, 3.05) is 4.90 Å². The number of para-hydroxylation sites is 1. The average molecular weight is 281 g/mol. The Labute approximate surface area is 124 Å². The number of aryl methyl sites for hydroxylation is 2. The highest BCUT2D eigenvalue weighted by Crippen LogP contribution is 2.32. The number of phenols is 1. The molecule has 1 aliphatic heterocycles. The molecule has 1 amide bonds. The van der Waals surface area contributed by atoms with E-state index >= 15 is 0 Å². The third-order valence-corrected chi connectivity index (χ3v) is 4.18. The van der Waals surface area contributed by atoms with Crippen LogP contribution in [0.1, 0.15) is 34.8 Å². The summed E-state index contributed by atoms with van der Waals surface area (Å²) in [4.78, 5) is 14.8. The SMILES string of the molecule is Cc1cc(O)ccc1C(=O)N1c2ccccc2CCC1C. The molecule has 0 aliphatic carbocycles. The van der Waals surface area contributed by atoms with E-state index in [1.165, 1.54) is 5.56 Å². The Bertz CT molecular complexity index is 693. The van der Waals surface area contributed by atoms with Crippen LogP contribution in [0.5, 0.6) is 5.75 Å². The molecule has 21 heavy (non-hydrogen) atoms. The molecule has 2 aromatic carbocycles. The summed E-state index contributed by atoms with van der Waals surface area (Å²) in [5.41, 5.74) is 3.68. The van der Waals surface area contributed by atoms with Gasteiger partial charge in [-0.2, -0.15) is 0 Å². The van der Waals surface area contributed by atoms with Crippen molar-refractivity contribution >= 4 is 11.6 Å². The first-order chi connectivity index (χ1) is 10.1. The summed E-state index contributed by atoms with van der Waals surface area (Å²) in [6.45, 7) is 3.94. The molecule has 3 nitrogen and oxygen atoms in total. The number of phenolic OH excluding ortho intramolecular Hbond substituents is 1. The zero-order valence-electron chi connectivity index (χ0n) is 12.3. The Balaban J connectivity index is 2.05. The van der Waals surface area contributed by atoms with Crippen molar-refractivity contribution in [2.45, 2.75) is 32.7 Å². The van der Waals surface area contributed by atoms with Gasteiger partial charge < -0.3 is 10.0 Å². The fourth-order valence-electron chi connectivity index (χ4n) is 3.02. The van der Waals surface area contributed by atoms with Gasteiger partial charge >= 0.3 is 0 Å². The predicted octanol–water partition coefficient (Wildman–Crippen LogP) is 3.68. The molecule has 108 valence electrons. The van der Waals surface area contributed by atoms with Crippen LogP contribution in [0.15, 0.2) is 42.5 Å². The van der Waals surface area contributed by atoms with Crippen LogP contribution in [0.2, 0.25) is 0 Å². The van der Waals surface area contributed by atoms with E-state index in [-0.39, 0.29) is 17.7 Å². The van der Waals surface area contributed by atoms with Crippen molar-refractivity contribution < 1.29 is 9.90 Å². The third-order valence-electron chi connectivity index (χ3n) is 4.18. The number of aromatic hydroxyl groups is 1. The van der Waals surface area contributed by atoms with Gasteiger partial charge in [0.1, 0.15) is 5.75 Å². The van der Waals surface area contributed by atoms with Crippen molar-refractivity contribution in [3.63, 3.8) is 0 Å². The van der Waals surface area contributed by atoms with E-state index < -0.39 is 0 Å². The molecule has 0 saturated carbocycles. The summed E-state index contributed by atoms with van der Waals surface area (Å²) in [5, 5.41) is 9.51. The zero-order chi connectivity index (χ0) is 15.0. The van der Waals surface area contributed by atoms with E-state index in [2.05, 4.69) is 13.0 Å². The van der Waals surface area contributed by atoms with Crippen molar-refractivity contribution in [1.82, 2.24) is 0 Å². The molecule has 0 radical (unpaired) electrons. The number of anilines is 1. The summed E-state index contributed by atoms with van der Waals surface area (Å²) >= 11 is 0. The maximum absolute atomic E-state index is 12.9. The number of hydrogen-bond donors (Lipinski definition) is 1. The second kappa shape index (κ2) is 5.24. The lowest BCUT2D eigenvalue weighted by Crippen LogP contribution is -2.42. The topological polar surface area (TPSA) is 40.5 Å². The molecule has 0 aromatic heterocycles. The Morgan fingerprint density at radius 2 is 2.00 bits per heavy atom. The van der Waals surface area contributed by atoms with Gasteiger partial charge in [0.05, 0.1) is 0 Å². The van der Waals surface area contributed by atoms with Gasteiger partial charge in [0.25, 0.3) is 5.91 Å². The first kappa shape index (κ1) is 13.7. The van der Waals surface area contributed by atoms with Gasteiger partial charge in [0.2, 0.25) is 0 Å². The van der Waals surface area contributed by atoms with Crippen molar-refractivity contribution in [3.8, 4) is 5.75 Å². The number of hydrogen-bond acceptors (Lipinski definition) is 2. The van der Waals surface area contributed by atoms with Crippen molar-refractivity contribution in [3.05, 3.63) is 59.2 Å². The summed E-state index contributed by atoms with van der Waals surface area (Å²) in [7, 11) is 0. The Hall–Kier alpha value is -2.29. The molecule has 0 fully saturated rings. The third kappa shape index (κ3) is 2.40. The molecule has 0 bridgehead atoms. The second-order valence-electron chi connectivity index (χ2n) is 5.69. The summed E-state index contributed by atoms with van der Waals surface area (Å²) in [6, 6.07) is 13.2. The normalized spacial score (nSPS) is 17.4. The number of nitrogens with zero attached hydrogens (tertiary/aromatic N) is 1. The summed E-state index contributed by atoms with van der Waals surface area (Å²) < 4.78 is 0. The van der Waals surface area contributed by atoms with Crippen LogP contribution < -0.4 is 4.90 Å². The minimum atomic E-state index is 0.00662. The van der Waals surface area contributed by atoms with E-state index in [0.29, 0.717) is 5.56 Å². The predicted molar refractivity (Wildman–Crippen MR) is 83.9 cm³/mol. The Morgan fingerprint density at radius 3 is 2.76 bits per heavy atom. The molecular weight excluding hydrogens is 262 g/mol. The number of fused-ring (bicyclic) bond motifs is 1. The van der Waals surface area contributed by atoms with Gasteiger partial charge in [-0.3, -0.25) is 4.79 Å². The van der Waals surface area contributed by atoms with Gasteiger partial charge in [-0.05, 0) is 62.1 Å². The maximum atomic E-state index is 12.9. The van der Waals surface area contributed by atoms with Gasteiger partial charge in [0.15, 0.2) is 0 Å². The van der Waals surface area contributed by atoms with Gasteiger partial charge in [-0.15, -0.1) is 0 Å². The monoisotopic (exact) mass is 281 g/mol. The highest BCUT2D eigenvalue weighted by atomic mass is 16.3. The largest absolute Gasteiger partial charge is 0.508 e. The number of carbonyl (C=O) groups is 1. The number of rotatable bonds is 1. The molecule has 3 rings (SSSR count).